The Morgan fingerprint density at radius 1 is 1.26 bits per heavy atom. The Kier molecular flexibility index (Phi) is 2.92. The topological polar surface area (TPSA) is 55.1 Å². The maximum absolute atomic E-state index is 13.6. The molecule has 0 spiro atoms. The second kappa shape index (κ2) is 4.47. The van der Waals surface area contributed by atoms with E-state index in [1.165, 1.54) is 6.42 Å². The van der Waals surface area contributed by atoms with Gasteiger partial charge in [0.05, 0.1) is 5.69 Å². The zero-order chi connectivity index (χ0) is 13.6. The Labute approximate surface area is 110 Å². The van der Waals surface area contributed by atoms with E-state index in [4.69, 9.17) is 5.73 Å². The number of amides is 1. The number of nitrogens with two attached hydrogens (primary N) is 1. The van der Waals surface area contributed by atoms with Crippen molar-refractivity contribution in [2.75, 3.05) is 11.1 Å². The van der Waals surface area contributed by atoms with Gasteiger partial charge in [-0.3, -0.25) is 4.79 Å². The molecule has 102 valence electrons. The van der Waals surface area contributed by atoms with Crippen LogP contribution in [0.3, 0.4) is 0 Å². The molecule has 5 heteroatoms. The number of hydrogen-bond acceptors (Lipinski definition) is 2. The predicted octanol–water partition coefficient (Wildman–Crippen LogP) is 2.92. The summed E-state index contributed by atoms with van der Waals surface area (Å²) in [6.45, 7) is 0. The Hall–Kier alpha value is -1.65. The van der Waals surface area contributed by atoms with Crippen molar-refractivity contribution in [3.8, 4) is 0 Å². The maximum atomic E-state index is 13.6. The van der Waals surface area contributed by atoms with Crippen LogP contribution >= 0.6 is 0 Å². The molecule has 2 fully saturated rings. The number of anilines is 2. The van der Waals surface area contributed by atoms with E-state index in [1.807, 2.05) is 0 Å². The molecule has 3 unspecified atom stereocenters. The van der Waals surface area contributed by atoms with Gasteiger partial charge in [-0.1, -0.05) is 6.42 Å². The third kappa shape index (κ3) is 2.17. The first-order valence-corrected chi connectivity index (χ1v) is 6.60. The molecule has 3 atom stereocenters. The summed E-state index contributed by atoms with van der Waals surface area (Å²) in [4.78, 5) is 12.2. The average molecular weight is 266 g/mol. The van der Waals surface area contributed by atoms with Gasteiger partial charge in [0.1, 0.15) is 11.5 Å². The number of carbonyl (C=O) groups excluding carboxylic acids is 1. The van der Waals surface area contributed by atoms with Gasteiger partial charge in [0, 0.05) is 12.0 Å². The van der Waals surface area contributed by atoms with Gasteiger partial charge in [0.25, 0.3) is 0 Å². The molecule has 3 N–H and O–H groups in total. The molecule has 1 aromatic carbocycles. The molecule has 1 aromatic rings. The number of nitrogens with one attached hydrogen (secondary N) is 1. The zero-order valence-corrected chi connectivity index (χ0v) is 10.5. The van der Waals surface area contributed by atoms with Crippen molar-refractivity contribution in [2.45, 2.75) is 25.7 Å². The lowest BCUT2D eigenvalue weighted by Gasteiger charge is -2.21. The number of fused-ring (bicyclic) bond motifs is 2. The van der Waals surface area contributed by atoms with Gasteiger partial charge in [-0.05, 0) is 37.2 Å². The van der Waals surface area contributed by atoms with Crippen molar-refractivity contribution in [1.82, 2.24) is 0 Å². The highest BCUT2D eigenvalue weighted by Gasteiger charge is 2.43. The molecule has 0 heterocycles. The van der Waals surface area contributed by atoms with E-state index in [1.54, 1.807) is 0 Å². The molecule has 2 aliphatic rings. The fraction of sp³-hybridized carbons (Fsp3) is 0.500. The minimum atomic E-state index is -0.825. The summed E-state index contributed by atoms with van der Waals surface area (Å²) in [6, 6.07) is 1.74. The van der Waals surface area contributed by atoms with Crippen molar-refractivity contribution >= 4 is 17.3 Å². The van der Waals surface area contributed by atoms with Gasteiger partial charge in [0.15, 0.2) is 5.82 Å². The first kappa shape index (κ1) is 12.4. The van der Waals surface area contributed by atoms with Crippen LogP contribution in [0.1, 0.15) is 25.7 Å². The summed E-state index contributed by atoms with van der Waals surface area (Å²) >= 11 is 0. The van der Waals surface area contributed by atoms with Crippen molar-refractivity contribution in [1.29, 1.82) is 0 Å². The zero-order valence-electron chi connectivity index (χ0n) is 10.5. The number of halogens is 2. The maximum Gasteiger partial charge on any atom is 0.227 e. The highest BCUT2D eigenvalue weighted by atomic mass is 19.1. The summed E-state index contributed by atoms with van der Waals surface area (Å²) < 4.78 is 26.5. The van der Waals surface area contributed by atoms with E-state index in [9.17, 15) is 13.6 Å². The molecule has 19 heavy (non-hydrogen) atoms. The molecule has 0 saturated heterocycles. The lowest BCUT2D eigenvalue weighted by atomic mass is 9.88. The van der Waals surface area contributed by atoms with Crippen molar-refractivity contribution < 1.29 is 13.6 Å². The number of benzene rings is 1. The van der Waals surface area contributed by atoms with Crippen LogP contribution in [0.5, 0.6) is 0 Å². The predicted molar refractivity (Wildman–Crippen MR) is 68.3 cm³/mol. The van der Waals surface area contributed by atoms with Crippen LogP contribution in [0.25, 0.3) is 0 Å². The molecule has 2 bridgehead atoms. The highest BCUT2D eigenvalue weighted by molar-refractivity contribution is 5.95. The van der Waals surface area contributed by atoms with Crippen molar-refractivity contribution in [3.05, 3.63) is 23.8 Å². The fourth-order valence-corrected chi connectivity index (χ4v) is 3.51. The number of nitrogen functional groups attached to an aromatic ring is 1. The smallest absolute Gasteiger partial charge is 0.227 e. The van der Waals surface area contributed by atoms with Gasteiger partial charge in [-0.15, -0.1) is 0 Å². The molecular formula is C14H16F2N2O. The molecule has 3 nitrogen and oxygen atoms in total. The molecular weight excluding hydrogens is 250 g/mol. The lowest BCUT2D eigenvalue weighted by Crippen LogP contribution is -2.28. The molecule has 2 aliphatic carbocycles. The summed E-state index contributed by atoms with van der Waals surface area (Å²) in [5, 5.41) is 2.53. The number of carbonyl (C=O) groups is 1. The van der Waals surface area contributed by atoms with Gasteiger partial charge in [-0.2, -0.15) is 0 Å². The first-order valence-electron chi connectivity index (χ1n) is 6.60. The molecule has 0 radical (unpaired) electrons. The van der Waals surface area contributed by atoms with Crippen LogP contribution in [0.2, 0.25) is 0 Å². The quantitative estimate of drug-likeness (QED) is 0.809. The van der Waals surface area contributed by atoms with E-state index >= 15 is 0 Å². The number of hydrogen-bond donors (Lipinski definition) is 2. The highest BCUT2D eigenvalue weighted by Crippen LogP contribution is 2.48. The van der Waals surface area contributed by atoms with Crippen LogP contribution in [0.15, 0.2) is 12.1 Å². The summed E-state index contributed by atoms with van der Waals surface area (Å²) in [6.07, 6.45) is 4.24. The SMILES string of the molecule is Nc1cc(F)cc(F)c1NC(=O)C1CC2CCC1C2. The van der Waals surface area contributed by atoms with E-state index in [2.05, 4.69) is 5.32 Å². The van der Waals surface area contributed by atoms with Crippen molar-refractivity contribution in [3.63, 3.8) is 0 Å². The van der Waals surface area contributed by atoms with Crippen LogP contribution in [0.4, 0.5) is 20.2 Å². The van der Waals surface area contributed by atoms with E-state index in [-0.39, 0.29) is 23.2 Å². The van der Waals surface area contributed by atoms with E-state index < -0.39 is 11.6 Å². The largest absolute Gasteiger partial charge is 0.397 e. The van der Waals surface area contributed by atoms with Gasteiger partial charge in [-0.25, -0.2) is 8.78 Å². The monoisotopic (exact) mass is 266 g/mol. The van der Waals surface area contributed by atoms with Crippen LogP contribution < -0.4 is 11.1 Å². The first-order chi connectivity index (χ1) is 9.04. The summed E-state index contributed by atoms with van der Waals surface area (Å²) in [5.41, 5.74) is 5.37. The summed E-state index contributed by atoms with van der Waals surface area (Å²) in [7, 11) is 0. The minimum Gasteiger partial charge on any atom is -0.397 e. The number of rotatable bonds is 2. The molecule has 2 saturated carbocycles. The van der Waals surface area contributed by atoms with Gasteiger partial charge < -0.3 is 11.1 Å². The molecule has 3 rings (SSSR count). The minimum absolute atomic E-state index is 0.0531. The fourth-order valence-electron chi connectivity index (χ4n) is 3.51. The Balaban J connectivity index is 1.77. The Morgan fingerprint density at radius 2 is 2.05 bits per heavy atom. The van der Waals surface area contributed by atoms with Gasteiger partial charge >= 0.3 is 0 Å². The lowest BCUT2D eigenvalue weighted by molar-refractivity contribution is -0.121. The second-order valence-corrected chi connectivity index (χ2v) is 5.62. The van der Waals surface area contributed by atoms with Crippen molar-refractivity contribution in [2.24, 2.45) is 17.8 Å². The second-order valence-electron chi connectivity index (χ2n) is 5.62. The summed E-state index contributed by atoms with van der Waals surface area (Å²) in [5.74, 6) is -0.764. The normalized spacial score (nSPS) is 28.6. The standard InChI is InChI=1S/C14H16F2N2O/c15-9-5-11(16)13(12(17)6-9)18-14(19)10-4-7-1-2-8(10)3-7/h5-8,10H,1-4,17H2,(H,18,19). The molecule has 0 aliphatic heterocycles. The average Bonchev–Trinajstić information content (AvgIpc) is 2.95. The molecule has 1 amide bonds. The van der Waals surface area contributed by atoms with Crippen LogP contribution in [-0.4, -0.2) is 5.91 Å². The van der Waals surface area contributed by atoms with Crippen LogP contribution in [0, 0.1) is 29.4 Å². The van der Waals surface area contributed by atoms with E-state index in [0.717, 1.165) is 31.4 Å². The third-order valence-corrected chi connectivity index (χ3v) is 4.41. The van der Waals surface area contributed by atoms with E-state index in [0.29, 0.717) is 11.8 Å². The molecule has 0 aromatic heterocycles. The van der Waals surface area contributed by atoms with Gasteiger partial charge in [0.2, 0.25) is 5.91 Å². The Morgan fingerprint density at radius 3 is 2.63 bits per heavy atom. The third-order valence-electron chi connectivity index (χ3n) is 4.41. The Bertz CT molecular complexity index is 509. The van der Waals surface area contributed by atoms with Crippen LogP contribution in [-0.2, 0) is 4.79 Å².